The number of halogens is 1. The molecule has 2 N–H and O–H groups in total. The second kappa shape index (κ2) is 9.47. The van der Waals surface area contributed by atoms with E-state index in [1.54, 1.807) is 6.92 Å². The summed E-state index contributed by atoms with van der Waals surface area (Å²) in [5.41, 5.74) is -0.914. The van der Waals surface area contributed by atoms with Crippen molar-refractivity contribution in [3.05, 3.63) is 0 Å². The van der Waals surface area contributed by atoms with Crippen LogP contribution < -0.4 is 10.6 Å². The van der Waals surface area contributed by atoms with Crippen LogP contribution in [0.3, 0.4) is 0 Å². The minimum absolute atomic E-state index is 0. The third-order valence-electron chi connectivity index (χ3n) is 3.23. The Morgan fingerprint density at radius 1 is 1.50 bits per heavy atom. The Labute approximate surface area is 131 Å². The molecule has 1 saturated heterocycles. The van der Waals surface area contributed by atoms with E-state index in [0.717, 1.165) is 24.5 Å². The molecule has 0 bridgehead atoms. The van der Waals surface area contributed by atoms with Crippen LogP contribution in [0.4, 0.5) is 0 Å². The van der Waals surface area contributed by atoms with E-state index in [-0.39, 0.29) is 30.3 Å². The normalized spacial score (nSPS) is 21.2. The van der Waals surface area contributed by atoms with Crippen LogP contribution in [0.2, 0.25) is 0 Å². The largest absolute Gasteiger partial charge is 0.467 e. The monoisotopic (exact) mass is 324 g/mol. The predicted molar refractivity (Wildman–Crippen MR) is 84.5 cm³/mol. The van der Waals surface area contributed by atoms with E-state index in [4.69, 9.17) is 4.74 Å². The SMILES string of the molecule is CCCC(C)(NC(=O)CC1CSCCN1)C(=O)OC.Cl. The van der Waals surface area contributed by atoms with Crippen molar-refractivity contribution in [2.45, 2.75) is 44.7 Å². The zero-order valence-electron chi connectivity index (χ0n) is 12.4. The Balaban J connectivity index is 0.00000361. The lowest BCUT2D eigenvalue weighted by molar-refractivity contribution is -0.150. The van der Waals surface area contributed by atoms with Gasteiger partial charge in [-0.15, -0.1) is 12.4 Å². The van der Waals surface area contributed by atoms with E-state index in [1.165, 1.54) is 7.11 Å². The molecule has 0 aromatic rings. The summed E-state index contributed by atoms with van der Waals surface area (Å²) in [6, 6.07) is 0.197. The molecule has 0 radical (unpaired) electrons. The number of rotatable bonds is 6. The van der Waals surface area contributed by atoms with Crippen molar-refractivity contribution < 1.29 is 14.3 Å². The standard InChI is InChI=1S/C13H24N2O3S.ClH/c1-4-5-13(2,12(17)18-3)15-11(16)8-10-9-19-7-6-14-10;/h10,14H,4-9H2,1-3H3,(H,15,16);1H. The molecule has 1 fully saturated rings. The minimum atomic E-state index is -0.914. The van der Waals surface area contributed by atoms with Gasteiger partial charge in [-0.2, -0.15) is 11.8 Å². The van der Waals surface area contributed by atoms with Crippen molar-refractivity contribution in [3.63, 3.8) is 0 Å². The molecule has 2 unspecified atom stereocenters. The fourth-order valence-electron chi connectivity index (χ4n) is 2.27. The second-order valence-corrected chi connectivity index (χ2v) is 6.20. The van der Waals surface area contributed by atoms with Crippen LogP contribution in [-0.2, 0) is 14.3 Å². The van der Waals surface area contributed by atoms with Gasteiger partial charge < -0.3 is 15.4 Å². The maximum Gasteiger partial charge on any atom is 0.331 e. The Morgan fingerprint density at radius 2 is 2.20 bits per heavy atom. The van der Waals surface area contributed by atoms with Gasteiger partial charge in [0.15, 0.2) is 0 Å². The van der Waals surface area contributed by atoms with Gasteiger partial charge in [0.05, 0.1) is 7.11 Å². The number of amides is 1. The number of ether oxygens (including phenoxy) is 1. The van der Waals surface area contributed by atoms with Crippen molar-refractivity contribution in [1.29, 1.82) is 0 Å². The van der Waals surface area contributed by atoms with Gasteiger partial charge in [-0.3, -0.25) is 4.79 Å². The zero-order valence-corrected chi connectivity index (χ0v) is 14.0. The summed E-state index contributed by atoms with van der Waals surface area (Å²) >= 11 is 1.85. The van der Waals surface area contributed by atoms with Crippen LogP contribution in [0.5, 0.6) is 0 Å². The molecule has 5 nitrogen and oxygen atoms in total. The molecule has 1 aliphatic heterocycles. The first kappa shape index (κ1) is 19.5. The van der Waals surface area contributed by atoms with Crippen LogP contribution in [0, 0.1) is 0 Å². The molecule has 118 valence electrons. The number of hydrogen-bond donors (Lipinski definition) is 2. The summed E-state index contributed by atoms with van der Waals surface area (Å²) in [6.45, 7) is 4.64. The average Bonchev–Trinajstić information content (AvgIpc) is 2.38. The quantitative estimate of drug-likeness (QED) is 0.722. The second-order valence-electron chi connectivity index (χ2n) is 5.05. The maximum atomic E-state index is 12.1. The Morgan fingerprint density at radius 3 is 2.70 bits per heavy atom. The van der Waals surface area contributed by atoms with Gasteiger partial charge in [0.25, 0.3) is 0 Å². The molecule has 7 heteroatoms. The molecule has 1 amide bonds. The molecule has 0 spiro atoms. The lowest BCUT2D eigenvalue weighted by Gasteiger charge is -2.29. The summed E-state index contributed by atoms with van der Waals surface area (Å²) in [5, 5.41) is 6.14. The highest BCUT2D eigenvalue weighted by Crippen LogP contribution is 2.16. The molecule has 0 aromatic heterocycles. The van der Waals surface area contributed by atoms with Crippen LogP contribution in [0.1, 0.15) is 33.1 Å². The van der Waals surface area contributed by atoms with Crippen LogP contribution in [0.25, 0.3) is 0 Å². The summed E-state index contributed by atoms with van der Waals surface area (Å²) in [5.74, 6) is 1.55. The topological polar surface area (TPSA) is 67.4 Å². The molecule has 0 aliphatic carbocycles. The summed E-state index contributed by atoms with van der Waals surface area (Å²) < 4.78 is 4.79. The number of carbonyl (C=O) groups is 2. The lowest BCUT2D eigenvalue weighted by Crippen LogP contribution is -2.54. The van der Waals surface area contributed by atoms with E-state index < -0.39 is 5.54 Å². The molecule has 1 rings (SSSR count). The van der Waals surface area contributed by atoms with Crippen molar-refractivity contribution in [2.75, 3.05) is 25.2 Å². The van der Waals surface area contributed by atoms with Crippen LogP contribution in [-0.4, -0.2) is 48.6 Å². The van der Waals surface area contributed by atoms with Crippen molar-refractivity contribution in [3.8, 4) is 0 Å². The maximum absolute atomic E-state index is 12.1. The van der Waals surface area contributed by atoms with Gasteiger partial charge in [0, 0.05) is 30.5 Å². The summed E-state index contributed by atoms with van der Waals surface area (Å²) in [6.07, 6.45) is 1.80. The number of methoxy groups -OCH3 is 1. The van der Waals surface area contributed by atoms with Crippen molar-refractivity contribution in [2.24, 2.45) is 0 Å². The Bertz CT molecular complexity index is 325. The first-order chi connectivity index (χ1) is 9.01. The Kier molecular flexibility index (Phi) is 9.25. The van der Waals surface area contributed by atoms with Gasteiger partial charge in [-0.25, -0.2) is 4.79 Å². The van der Waals surface area contributed by atoms with E-state index in [1.807, 2.05) is 18.7 Å². The molecular formula is C13H25ClN2O3S. The summed E-state index contributed by atoms with van der Waals surface area (Å²) in [4.78, 5) is 23.8. The highest BCUT2D eigenvalue weighted by molar-refractivity contribution is 7.99. The molecule has 1 heterocycles. The van der Waals surface area contributed by atoms with Crippen molar-refractivity contribution in [1.82, 2.24) is 10.6 Å². The smallest absolute Gasteiger partial charge is 0.331 e. The molecule has 0 saturated carbocycles. The molecule has 20 heavy (non-hydrogen) atoms. The number of nitrogens with one attached hydrogen (secondary N) is 2. The van der Waals surface area contributed by atoms with Gasteiger partial charge in [-0.1, -0.05) is 13.3 Å². The van der Waals surface area contributed by atoms with E-state index in [2.05, 4.69) is 10.6 Å². The van der Waals surface area contributed by atoms with Gasteiger partial charge >= 0.3 is 5.97 Å². The highest BCUT2D eigenvalue weighted by Gasteiger charge is 2.35. The molecule has 2 atom stereocenters. The number of esters is 1. The van der Waals surface area contributed by atoms with Gasteiger partial charge in [0.2, 0.25) is 5.91 Å². The third kappa shape index (κ3) is 5.89. The third-order valence-corrected chi connectivity index (χ3v) is 4.36. The first-order valence-corrected chi connectivity index (χ1v) is 7.88. The van der Waals surface area contributed by atoms with Crippen molar-refractivity contribution >= 4 is 36.0 Å². The summed E-state index contributed by atoms with van der Waals surface area (Å²) in [7, 11) is 1.35. The number of carbonyl (C=O) groups excluding carboxylic acids is 2. The van der Waals surface area contributed by atoms with E-state index in [0.29, 0.717) is 12.8 Å². The van der Waals surface area contributed by atoms with Gasteiger partial charge in [-0.05, 0) is 13.3 Å². The number of hydrogen-bond acceptors (Lipinski definition) is 5. The fourth-order valence-corrected chi connectivity index (χ4v) is 3.22. The van der Waals surface area contributed by atoms with E-state index >= 15 is 0 Å². The first-order valence-electron chi connectivity index (χ1n) is 6.72. The zero-order chi connectivity index (χ0) is 14.3. The Hall–Kier alpha value is -0.460. The number of thioether (sulfide) groups is 1. The minimum Gasteiger partial charge on any atom is -0.467 e. The van der Waals surface area contributed by atoms with Crippen LogP contribution in [0.15, 0.2) is 0 Å². The van der Waals surface area contributed by atoms with E-state index in [9.17, 15) is 9.59 Å². The fraction of sp³-hybridized carbons (Fsp3) is 0.846. The average molecular weight is 325 g/mol. The van der Waals surface area contributed by atoms with Crippen LogP contribution >= 0.6 is 24.2 Å². The lowest BCUT2D eigenvalue weighted by atomic mass is 9.95. The highest BCUT2D eigenvalue weighted by atomic mass is 35.5. The van der Waals surface area contributed by atoms with Gasteiger partial charge in [0.1, 0.15) is 5.54 Å². The molecule has 1 aliphatic rings. The molecular weight excluding hydrogens is 300 g/mol. The predicted octanol–water partition coefficient (Wildman–Crippen LogP) is 1.35. The molecule has 0 aromatic carbocycles.